The number of anilines is 2. The lowest BCUT2D eigenvalue weighted by atomic mass is 10.0. The standard InChI is InChI=1S/C16H11Br2N3OS.H2O/c17-10-7-9-3-2-6-21(13(9)12(18)8-10)16-20-14(22)11-4-1-5-19-15(11)23-16;/h1,4-5,7-8H,2-3,6H2;1H2. The zero-order chi connectivity index (χ0) is 16.0. The lowest BCUT2D eigenvalue weighted by molar-refractivity contribution is 0.761. The van der Waals surface area contributed by atoms with E-state index in [0.29, 0.717) is 10.5 Å². The average Bonchev–Trinajstić information content (AvgIpc) is 2.54. The molecule has 1 aromatic carbocycles. The SMILES string of the molecule is O.O=c1nc(N2CCCc3cc(Br)cc(Br)c32)sc2ncccc12. The lowest BCUT2D eigenvalue weighted by Crippen LogP contribution is -2.27. The summed E-state index contributed by atoms with van der Waals surface area (Å²) in [7, 11) is 0. The van der Waals surface area contributed by atoms with Crippen molar-refractivity contribution >= 4 is 64.2 Å². The van der Waals surface area contributed by atoms with Gasteiger partial charge in [0.1, 0.15) is 4.83 Å². The number of hydrogen-bond donors (Lipinski definition) is 0. The Kier molecular flexibility index (Phi) is 5.00. The van der Waals surface area contributed by atoms with Gasteiger partial charge < -0.3 is 10.4 Å². The second-order valence-electron chi connectivity index (χ2n) is 5.31. The van der Waals surface area contributed by atoms with Gasteiger partial charge in [0.25, 0.3) is 5.56 Å². The number of fused-ring (bicyclic) bond motifs is 2. The Balaban J connectivity index is 0.00000169. The molecule has 0 atom stereocenters. The van der Waals surface area contributed by atoms with Gasteiger partial charge in [-0.1, -0.05) is 27.3 Å². The number of aromatic nitrogens is 2. The van der Waals surface area contributed by atoms with E-state index in [2.05, 4.69) is 52.8 Å². The van der Waals surface area contributed by atoms with Crippen molar-refractivity contribution in [3.8, 4) is 0 Å². The van der Waals surface area contributed by atoms with E-state index in [0.717, 1.165) is 38.8 Å². The van der Waals surface area contributed by atoms with Crippen molar-refractivity contribution in [1.29, 1.82) is 0 Å². The summed E-state index contributed by atoms with van der Waals surface area (Å²) in [4.78, 5) is 23.8. The molecule has 5 nitrogen and oxygen atoms in total. The van der Waals surface area contributed by atoms with Crippen LogP contribution in [0, 0.1) is 0 Å². The zero-order valence-corrected chi connectivity index (χ0v) is 16.4. The minimum atomic E-state index is -0.220. The molecule has 24 heavy (non-hydrogen) atoms. The van der Waals surface area contributed by atoms with Crippen LogP contribution < -0.4 is 10.5 Å². The Morgan fingerprint density at radius 1 is 1.25 bits per heavy atom. The minimum absolute atomic E-state index is 0. The Bertz CT molecular complexity index is 977. The average molecular weight is 471 g/mol. The fraction of sp³-hybridized carbons (Fsp3) is 0.188. The van der Waals surface area contributed by atoms with Crippen molar-refractivity contribution in [2.24, 2.45) is 0 Å². The van der Waals surface area contributed by atoms with E-state index >= 15 is 0 Å². The third-order valence-electron chi connectivity index (χ3n) is 3.82. The predicted octanol–water partition coefficient (Wildman–Crippen LogP) is 3.84. The van der Waals surface area contributed by atoms with Crippen LogP contribution in [0.3, 0.4) is 0 Å². The van der Waals surface area contributed by atoms with Crippen molar-refractivity contribution in [2.75, 3.05) is 11.4 Å². The summed E-state index contributed by atoms with van der Waals surface area (Å²) in [5.74, 6) is 0. The van der Waals surface area contributed by atoms with Crippen LogP contribution in [-0.2, 0) is 6.42 Å². The molecule has 0 spiro atoms. The quantitative estimate of drug-likeness (QED) is 0.541. The zero-order valence-electron chi connectivity index (χ0n) is 12.4. The summed E-state index contributed by atoms with van der Waals surface area (Å²) in [6.07, 6.45) is 3.75. The molecule has 0 radical (unpaired) electrons. The van der Waals surface area contributed by atoms with Crippen molar-refractivity contribution in [2.45, 2.75) is 12.8 Å². The molecule has 3 heterocycles. The van der Waals surface area contributed by atoms with Gasteiger partial charge in [0.2, 0.25) is 0 Å². The van der Waals surface area contributed by atoms with E-state index in [1.165, 1.54) is 16.9 Å². The summed E-state index contributed by atoms with van der Waals surface area (Å²) < 4.78 is 2.05. The predicted molar refractivity (Wildman–Crippen MR) is 104 cm³/mol. The molecule has 8 heteroatoms. The molecule has 0 aliphatic carbocycles. The molecule has 1 aliphatic heterocycles. The van der Waals surface area contributed by atoms with Gasteiger partial charge in [-0.05, 0) is 58.6 Å². The molecule has 2 N–H and O–H groups in total. The van der Waals surface area contributed by atoms with Gasteiger partial charge in [-0.3, -0.25) is 4.79 Å². The second-order valence-corrected chi connectivity index (χ2v) is 8.03. The summed E-state index contributed by atoms with van der Waals surface area (Å²) in [5, 5.41) is 1.28. The molecule has 0 unspecified atom stereocenters. The fourth-order valence-electron chi connectivity index (χ4n) is 2.85. The van der Waals surface area contributed by atoms with Crippen LogP contribution in [0.25, 0.3) is 10.2 Å². The normalized spacial score (nSPS) is 13.5. The molecule has 2 aromatic heterocycles. The maximum absolute atomic E-state index is 12.3. The van der Waals surface area contributed by atoms with E-state index in [1.807, 2.05) is 6.07 Å². The van der Waals surface area contributed by atoms with Gasteiger partial charge >= 0.3 is 0 Å². The number of nitrogens with zero attached hydrogens (tertiary/aromatic N) is 3. The number of rotatable bonds is 1. The van der Waals surface area contributed by atoms with Crippen LogP contribution in [0.5, 0.6) is 0 Å². The molecular formula is C16H13Br2N3O2S. The topological polar surface area (TPSA) is 77.6 Å². The number of pyridine rings is 1. The van der Waals surface area contributed by atoms with Crippen LogP contribution in [0.4, 0.5) is 10.8 Å². The van der Waals surface area contributed by atoms with Gasteiger partial charge in [-0.2, -0.15) is 4.98 Å². The third-order valence-corrected chi connectivity index (χ3v) is 5.90. The van der Waals surface area contributed by atoms with Crippen LogP contribution in [-0.4, -0.2) is 22.0 Å². The van der Waals surface area contributed by atoms with E-state index in [1.54, 1.807) is 18.3 Å². The van der Waals surface area contributed by atoms with Crippen LogP contribution in [0.15, 0.2) is 44.2 Å². The summed E-state index contributed by atoms with van der Waals surface area (Å²) in [6, 6.07) is 7.70. The maximum Gasteiger partial charge on any atom is 0.282 e. The molecule has 0 bridgehead atoms. The third kappa shape index (κ3) is 2.99. The first-order chi connectivity index (χ1) is 11.1. The molecule has 0 saturated heterocycles. The second kappa shape index (κ2) is 6.87. The molecule has 1 aliphatic rings. The molecular weight excluding hydrogens is 458 g/mol. The number of benzene rings is 1. The van der Waals surface area contributed by atoms with E-state index < -0.39 is 0 Å². The van der Waals surface area contributed by atoms with Crippen LogP contribution in [0.1, 0.15) is 12.0 Å². The highest BCUT2D eigenvalue weighted by Gasteiger charge is 2.24. The number of aryl methyl sites for hydroxylation is 1. The molecule has 0 amide bonds. The first-order valence-corrected chi connectivity index (χ1v) is 9.55. The maximum atomic E-state index is 12.3. The van der Waals surface area contributed by atoms with Crippen molar-refractivity contribution in [3.05, 3.63) is 55.3 Å². The van der Waals surface area contributed by atoms with E-state index in [9.17, 15) is 4.79 Å². The fourth-order valence-corrected chi connectivity index (χ4v) is 5.35. The van der Waals surface area contributed by atoms with Gasteiger partial charge in [-0.25, -0.2) is 4.98 Å². The van der Waals surface area contributed by atoms with Crippen LogP contribution in [0.2, 0.25) is 0 Å². The number of halogens is 2. The monoisotopic (exact) mass is 469 g/mol. The summed E-state index contributed by atoms with van der Waals surface area (Å²) >= 11 is 8.65. The first-order valence-electron chi connectivity index (χ1n) is 7.15. The molecule has 0 saturated carbocycles. The Morgan fingerprint density at radius 2 is 2.08 bits per heavy atom. The highest BCUT2D eigenvalue weighted by atomic mass is 79.9. The molecule has 4 rings (SSSR count). The molecule has 3 aromatic rings. The Morgan fingerprint density at radius 3 is 2.92 bits per heavy atom. The highest BCUT2D eigenvalue weighted by Crippen LogP contribution is 2.41. The Hall–Kier alpha value is -1.35. The highest BCUT2D eigenvalue weighted by molar-refractivity contribution is 9.11. The number of hydrogen-bond acceptors (Lipinski definition) is 5. The minimum Gasteiger partial charge on any atom is -0.412 e. The first kappa shape index (κ1) is 17.5. The van der Waals surface area contributed by atoms with Crippen LogP contribution >= 0.6 is 43.2 Å². The van der Waals surface area contributed by atoms with Gasteiger partial charge in [0, 0.05) is 21.7 Å². The van der Waals surface area contributed by atoms with Crippen molar-refractivity contribution in [1.82, 2.24) is 9.97 Å². The van der Waals surface area contributed by atoms with Crippen molar-refractivity contribution < 1.29 is 5.48 Å². The largest absolute Gasteiger partial charge is 0.412 e. The molecule has 0 fully saturated rings. The van der Waals surface area contributed by atoms with E-state index in [4.69, 9.17) is 0 Å². The van der Waals surface area contributed by atoms with Crippen molar-refractivity contribution in [3.63, 3.8) is 0 Å². The smallest absolute Gasteiger partial charge is 0.282 e. The van der Waals surface area contributed by atoms with E-state index in [-0.39, 0.29) is 11.0 Å². The van der Waals surface area contributed by atoms with Gasteiger partial charge in [0.05, 0.1) is 11.1 Å². The molecule has 124 valence electrons. The lowest BCUT2D eigenvalue weighted by Gasteiger charge is -2.31. The summed E-state index contributed by atoms with van der Waals surface area (Å²) in [5.41, 5.74) is 2.13. The Labute approximate surface area is 158 Å². The van der Waals surface area contributed by atoms with Gasteiger partial charge in [-0.15, -0.1) is 0 Å². The summed E-state index contributed by atoms with van der Waals surface area (Å²) in [6.45, 7) is 0.842. The van der Waals surface area contributed by atoms with Gasteiger partial charge in [0.15, 0.2) is 5.13 Å².